The molecule has 1 aliphatic rings. The first kappa shape index (κ1) is 18.6. The maximum atomic E-state index is 13.3. The van der Waals surface area contributed by atoms with Crippen molar-refractivity contribution in [1.29, 1.82) is 0 Å². The number of hydrogen-bond donors (Lipinski definition) is 1. The van der Waals surface area contributed by atoms with Crippen LogP contribution in [0.2, 0.25) is 0 Å². The van der Waals surface area contributed by atoms with Crippen molar-refractivity contribution in [1.82, 2.24) is 10.2 Å². The molecule has 1 heterocycles. The largest absolute Gasteiger partial charge is 0.494 e. The molecule has 1 aromatic rings. The fourth-order valence-corrected chi connectivity index (χ4v) is 3.13. The average Bonchev–Trinajstić information content (AvgIpc) is 2.46. The number of carbonyl (C=O) groups excluding carboxylic acids is 1. The monoisotopic (exact) mass is 344 g/mol. The van der Waals surface area contributed by atoms with E-state index in [2.05, 4.69) is 5.32 Å². The average molecular weight is 344 g/mol. The fraction of sp³-hybridized carbons (Fsp3) is 0.588. The van der Waals surface area contributed by atoms with E-state index >= 15 is 0 Å². The Hall–Kier alpha value is -1.76. The van der Waals surface area contributed by atoms with Crippen LogP contribution in [-0.2, 0) is 11.3 Å². The van der Waals surface area contributed by atoms with Gasteiger partial charge in [-0.15, -0.1) is 0 Å². The van der Waals surface area contributed by atoms with Crippen LogP contribution in [0.15, 0.2) is 24.3 Å². The molecule has 2 rings (SSSR count). The number of benzene rings is 1. The molecule has 2 atom stereocenters. The second-order valence-electron chi connectivity index (χ2n) is 6.04. The Kier molecular flexibility index (Phi) is 6.10. The van der Waals surface area contributed by atoms with E-state index in [4.69, 9.17) is 4.74 Å². The summed E-state index contributed by atoms with van der Waals surface area (Å²) >= 11 is 0. The molecule has 0 aromatic heterocycles. The van der Waals surface area contributed by atoms with Gasteiger partial charge in [-0.2, -0.15) is 13.2 Å². The van der Waals surface area contributed by atoms with Crippen molar-refractivity contribution < 1.29 is 22.7 Å². The number of alkyl halides is 3. The molecule has 1 aliphatic heterocycles. The molecule has 0 saturated carbocycles. The lowest BCUT2D eigenvalue weighted by molar-refractivity contribution is -0.194. The highest BCUT2D eigenvalue weighted by Gasteiger charge is 2.46. The second-order valence-corrected chi connectivity index (χ2v) is 6.04. The third-order valence-corrected chi connectivity index (χ3v) is 4.06. The first-order chi connectivity index (χ1) is 11.3. The maximum absolute atomic E-state index is 13.3. The third kappa shape index (κ3) is 5.12. The lowest BCUT2D eigenvalue weighted by atomic mass is 9.96. The Morgan fingerprint density at radius 3 is 2.75 bits per heavy atom. The summed E-state index contributed by atoms with van der Waals surface area (Å²) in [5, 5.41) is 2.73. The zero-order chi connectivity index (χ0) is 17.7. The Morgan fingerprint density at radius 2 is 2.12 bits per heavy atom. The molecular weight excluding hydrogens is 321 g/mol. The molecule has 1 fully saturated rings. The van der Waals surface area contributed by atoms with Crippen molar-refractivity contribution in [2.75, 3.05) is 13.2 Å². The van der Waals surface area contributed by atoms with Crippen LogP contribution in [0.4, 0.5) is 13.2 Å². The van der Waals surface area contributed by atoms with Gasteiger partial charge in [0, 0.05) is 26.1 Å². The summed E-state index contributed by atoms with van der Waals surface area (Å²) in [5.41, 5.74) is 0.763. The summed E-state index contributed by atoms with van der Waals surface area (Å²) in [4.78, 5) is 12.6. The topological polar surface area (TPSA) is 41.6 Å². The van der Waals surface area contributed by atoms with Crippen molar-refractivity contribution >= 4 is 5.91 Å². The van der Waals surface area contributed by atoms with Gasteiger partial charge in [0.15, 0.2) is 0 Å². The first-order valence-corrected chi connectivity index (χ1v) is 8.09. The highest BCUT2D eigenvalue weighted by Crippen LogP contribution is 2.33. The van der Waals surface area contributed by atoms with Gasteiger partial charge in [0.1, 0.15) is 11.8 Å². The summed E-state index contributed by atoms with van der Waals surface area (Å²) < 4.78 is 45.4. The van der Waals surface area contributed by atoms with E-state index in [9.17, 15) is 18.0 Å². The smallest absolute Gasteiger partial charge is 0.404 e. The van der Waals surface area contributed by atoms with Gasteiger partial charge in [-0.05, 0) is 37.5 Å². The number of carbonyl (C=O) groups is 1. The zero-order valence-corrected chi connectivity index (χ0v) is 13.9. The van der Waals surface area contributed by atoms with Gasteiger partial charge in [-0.25, -0.2) is 0 Å². The number of hydrogen-bond acceptors (Lipinski definition) is 3. The van der Waals surface area contributed by atoms with Gasteiger partial charge in [0.05, 0.1) is 6.61 Å². The highest BCUT2D eigenvalue weighted by atomic mass is 19.4. The number of ether oxygens (including phenoxy) is 1. The summed E-state index contributed by atoms with van der Waals surface area (Å²) in [6.45, 7) is 4.09. The molecule has 0 radical (unpaired) electrons. The molecule has 4 nitrogen and oxygen atoms in total. The van der Waals surface area contributed by atoms with E-state index in [0.717, 1.165) is 5.56 Å². The van der Waals surface area contributed by atoms with E-state index in [1.807, 2.05) is 6.92 Å². The predicted octanol–water partition coefficient (Wildman–Crippen LogP) is 3.12. The standard InChI is InChI=1S/C17H23F3N2O2/c1-3-24-15-6-4-5-13(9-15)10-22-11-14(21-12(2)23)7-8-16(22)17(18,19)20/h4-6,9,14,16H,3,7-8,10-11H2,1-2H3,(H,21,23). The van der Waals surface area contributed by atoms with Gasteiger partial charge in [-0.3, -0.25) is 9.69 Å². The van der Waals surface area contributed by atoms with Crippen molar-refractivity contribution in [3.63, 3.8) is 0 Å². The molecule has 0 spiro atoms. The molecule has 7 heteroatoms. The molecule has 134 valence electrons. The van der Waals surface area contributed by atoms with E-state index in [0.29, 0.717) is 18.8 Å². The number of nitrogens with one attached hydrogen (secondary N) is 1. The Labute approximate surface area is 140 Å². The lowest BCUT2D eigenvalue weighted by Gasteiger charge is -2.40. The Bertz CT molecular complexity index is 563. The lowest BCUT2D eigenvalue weighted by Crippen LogP contribution is -2.55. The van der Waals surface area contributed by atoms with Crippen LogP contribution in [0.3, 0.4) is 0 Å². The Morgan fingerprint density at radius 1 is 1.38 bits per heavy atom. The van der Waals surface area contributed by atoms with E-state index < -0.39 is 12.2 Å². The van der Waals surface area contributed by atoms with Crippen LogP contribution in [-0.4, -0.2) is 42.2 Å². The van der Waals surface area contributed by atoms with Crippen LogP contribution in [0.1, 0.15) is 32.3 Å². The first-order valence-electron chi connectivity index (χ1n) is 8.09. The van der Waals surface area contributed by atoms with Crippen LogP contribution < -0.4 is 10.1 Å². The summed E-state index contributed by atoms with van der Waals surface area (Å²) in [5.74, 6) is 0.428. The van der Waals surface area contributed by atoms with E-state index in [1.54, 1.807) is 24.3 Å². The second kappa shape index (κ2) is 7.88. The summed E-state index contributed by atoms with van der Waals surface area (Å²) in [6.07, 6.45) is -3.96. The molecule has 1 N–H and O–H groups in total. The third-order valence-electron chi connectivity index (χ3n) is 4.06. The van der Waals surface area contributed by atoms with Crippen molar-refractivity contribution in [3.8, 4) is 5.75 Å². The van der Waals surface area contributed by atoms with Gasteiger partial charge in [-0.1, -0.05) is 12.1 Å². The van der Waals surface area contributed by atoms with Crippen LogP contribution in [0.5, 0.6) is 5.75 Å². The van der Waals surface area contributed by atoms with Crippen LogP contribution >= 0.6 is 0 Å². The highest BCUT2D eigenvalue weighted by molar-refractivity contribution is 5.73. The molecule has 1 aromatic carbocycles. The minimum Gasteiger partial charge on any atom is -0.494 e. The van der Waals surface area contributed by atoms with Crippen molar-refractivity contribution in [2.24, 2.45) is 0 Å². The minimum absolute atomic E-state index is 0.0143. The van der Waals surface area contributed by atoms with E-state index in [1.165, 1.54) is 11.8 Å². The predicted molar refractivity (Wildman–Crippen MR) is 84.7 cm³/mol. The summed E-state index contributed by atoms with van der Waals surface area (Å²) in [6, 6.07) is 5.37. The zero-order valence-electron chi connectivity index (χ0n) is 13.9. The normalized spacial score (nSPS) is 22.2. The molecular formula is C17H23F3N2O2. The molecule has 0 bridgehead atoms. The quantitative estimate of drug-likeness (QED) is 0.892. The van der Waals surface area contributed by atoms with Gasteiger partial charge >= 0.3 is 6.18 Å². The maximum Gasteiger partial charge on any atom is 0.404 e. The molecule has 1 amide bonds. The Balaban J connectivity index is 2.14. The van der Waals surface area contributed by atoms with Crippen LogP contribution in [0, 0.1) is 0 Å². The molecule has 0 aliphatic carbocycles. The van der Waals surface area contributed by atoms with Gasteiger partial charge in [0.2, 0.25) is 5.91 Å². The number of halogens is 3. The SMILES string of the molecule is CCOc1cccc(CN2CC(NC(C)=O)CCC2C(F)(F)F)c1. The number of piperidine rings is 1. The van der Waals surface area contributed by atoms with Crippen molar-refractivity contribution in [3.05, 3.63) is 29.8 Å². The van der Waals surface area contributed by atoms with Crippen LogP contribution in [0.25, 0.3) is 0 Å². The number of likely N-dealkylation sites (tertiary alicyclic amines) is 1. The van der Waals surface area contributed by atoms with E-state index in [-0.39, 0.29) is 31.5 Å². The number of nitrogens with zero attached hydrogens (tertiary/aromatic N) is 1. The molecule has 1 saturated heterocycles. The molecule has 24 heavy (non-hydrogen) atoms. The van der Waals surface area contributed by atoms with Gasteiger partial charge in [0.25, 0.3) is 0 Å². The fourth-order valence-electron chi connectivity index (χ4n) is 3.13. The summed E-state index contributed by atoms with van der Waals surface area (Å²) in [7, 11) is 0. The number of rotatable bonds is 5. The minimum atomic E-state index is -4.28. The number of amides is 1. The molecule has 2 unspecified atom stereocenters. The van der Waals surface area contributed by atoms with Gasteiger partial charge < -0.3 is 10.1 Å². The van der Waals surface area contributed by atoms with Crippen molar-refractivity contribution in [2.45, 2.75) is 51.5 Å².